The van der Waals surface area contributed by atoms with Crippen LogP contribution in [0.25, 0.3) is 0 Å². The summed E-state index contributed by atoms with van der Waals surface area (Å²) in [5.74, 6) is 0. The van der Waals surface area contributed by atoms with Crippen LogP contribution < -0.4 is 0 Å². The number of aliphatic hydroxyl groups is 1. The summed E-state index contributed by atoms with van der Waals surface area (Å²) in [6, 6.07) is 8.10. The van der Waals surface area contributed by atoms with E-state index in [1.54, 1.807) is 0 Å². The standard InChI is InChI=1S/C17H25N3O/c1-14-10-15(11-18)4-5-16(14)12-19-6-8-20(9-7-19)13-17(2,3)21/h4-5,10,21H,6-9,12-13H2,1-3H3. The molecule has 4 nitrogen and oxygen atoms in total. The maximum absolute atomic E-state index is 9.88. The van der Waals surface area contributed by atoms with Gasteiger partial charge in [0.2, 0.25) is 0 Å². The van der Waals surface area contributed by atoms with Gasteiger partial charge in [-0.2, -0.15) is 5.26 Å². The molecule has 4 heteroatoms. The van der Waals surface area contributed by atoms with Crippen LogP contribution >= 0.6 is 0 Å². The molecule has 0 atom stereocenters. The number of β-amino-alcohol motifs (C(OH)–C–C–N with tert-alkyl or cyclic N) is 1. The third kappa shape index (κ3) is 4.82. The van der Waals surface area contributed by atoms with E-state index < -0.39 is 5.60 Å². The molecule has 21 heavy (non-hydrogen) atoms. The third-order valence-corrected chi connectivity index (χ3v) is 3.94. The second-order valence-electron chi connectivity index (χ2n) is 6.62. The first-order valence-electron chi connectivity index (χ1n) is 7.54. The van der Waals surface area contributed by atoms with Crippen molar-refractivity contribution in [2.24, 2.45) is 0 Å². The fraction of sp³-hybridized carbons (Fsp3) is 0.588. The highest BCUT2D eigenvalue weighted by Crippen LogP contribution is 2.15. The second kappa shape index (κ2) is 6.57. The van der Waals surface area contributed by atoms with Gasteiger partial charge in [-0.05, 0) is 44.0 Å². The number of nitrogens with zero attached hydrogens (tertiary/aromatic N) is 3. The van der Waals surface area contributed by atoms with Crippen LogP contribution in [-0.2, 0) is 6.54 Å². The number of hydrogen-bond acceptors (Lipinski definition) is 4. The zero-order chi connectivity index (χ0) is 15.5. The molecule has 2 rings (SSSR count). The summed E-state index contributed by atoms with van der Waals surface area (Å²) in [6.45, 7) is 11.5. The molecule has 1 aliphatic rings. The normalized spacial score (nSPS) is 17.7. The van der Waals surface area contributed by atoms with Crippen LogP contribution in [0.5, 0.6) is 0 Å². The number of aryl methyl sites for hydroxylation is 1. The molecule has 0 unspecified atom stereocenters. The van der Waals surface area contributed by atoms with Crippen molar-refractivity contribution < 1.29 is 5.11 Å². The van der Waals surface area contributed by atoms with Crippen LogP contribution in [0.15, 0.2) is 18.2 Å². The Kier molecular flexibility index (Phi) is 5.00. The van der Waals surface area contributed by atoms with E-state index in [0.29, 0.717) is 0 Å². The van der Waals surface area contributed by atoms with Crippen molar-refractivity contribution >= 4 is 0 Å². The minimum Gasteiger partial charge on any atom is -0.389 e. The Morgan fingerprint density at radius 3 is 2.33 bits per heavy atom. The molecule has 0 bridgehead atoms. The summed E-state index contributed by atoms with van der Waals surface area (Å²) in [5.41, 5.74) is 2.59. The Hall–Kier alpha value is -1.41. The monoisotopic (exact) mass is 287 g/mol. The Balaban J connectivity index is 1.88. The first kappa shape index (κ1) is 16.0. The fourth-order valence-corrected chi connectivity index (χ4v) is 2.84. The van der Waals surface area contributed by atoms with Gasteiger partial charge in [0.1, 0.15) is 0 Å². The first-order valence-corrected chi connectivity index (χ1v) is 7.54. The smallest absolute Gasteiger partial charge is 0.0991 e. The Labute approximate surface area is 127 Å². The SMILES string of the molecule is Cc1cc(C#N)ccc1CN1CCN(CC(C)(C)O)CC1. The van der Waals surface area contributed by atoms with E-state index in [4.69, 9.17) is 5.26 Å². The van der Waals surface area contributed by atoms with Crippen LogP contribution in [0.1, 0.15) is 30.5 Å². The lowest BCUT2D eigenvalue weighted by atomic mass is 10.0. The predicted molar refractivity (Wildman–Crippen MR) is 83.9 cm³/mol. The van der Waals surface area contributed by atoms with Gasteiger partial charge in [0.15, 0.2) is 0 Å². The van der Waals surface area contributed by atoms with E-state index in [2.05, 4.69) is 28.9 Å². The van der Waals surface area contributed by atoms with E-state index in [1.807, 2.05) is 26.0 Å². The molecule has 0 saturated carbocycles. The number of hydrogen-bond donors (Lipinski definition) is 1. The quantitative estimate of drug-likeness (QED) is 0.917. The van der Waals surface area contributed by atoms with Gasteiger partial charge in [-0.15, -0.1) is 0 Å². The molecule has 114 valence electrons. The highest BCUT2D eigenvalue weighted by atomic mass is 16.3. The van der Waals surface area contributed by atoms with Gasteiger partial charge >= 0.3 is 0 Å². The highest BCUT2D eigenvalue weighted by Gasteiger charge is 2.22. The third-order valence-electron chi connectivity index (χ3n) is 3.94. The molecule has 1 N–H and O–H groups in total. The summed E-state index contributed by atoms with van der Waals surface area (Å²) in [7, 11) is 0. The lowest BCUT2D eigenvalue weighted by Crippen LogP contribution is -2.50. The maximum atomic E-state index is 9.88. The van der Waals surface area contributed by atoms with Crippen LogP contribution in [0, 0.1) is 18.3 Å². The molecule has 1 aliphatic heterocycles. The van der Waals surface area contributed by atoms with E-state index in [1.165, 1.54) is 11.1 Å². The van der Waals surface area contributed by atoms with Crippen LogP contribution in [0.2, 0.25) is 0 Å². The zero-order valence-electron chi connectivity index (χ0n) is 13.3. The Bertz CT molecular complexity index is 520. The Morgan fingerprint density at radius 1 is 1.19 bits per heavy atom. The number of benzene rings is 1. The van der Waals surface area contributed by atoms with Crippen LogP contribution in [0.4, 0.5) is 0 Å². The molecule has 1 aromatic rings. The number of nitriles is 1. The number of piperazine rings is 1. The second-order valence-corrected chi connectivity index (χ2v) is 6.62. The average Bonchev–Trinajstić information content (AvgIpc) is 2.41. The topological polar surface area (TPSA) is 50.5 Å². The summed E-state index contributed by atoms with van der Waals surface area (Å²) in [6.07, 6.45) is 0. The van der Waals surface area contributed by atoms with E-state index in [0.717, 1.165) is 44.8 Å². The molecule has 1 saturated heterocycles. The Morgan fingerprint density at radius 2 is 1.81 bits per heavy atom. The van der Waals surface area contributed by atoms with E-state index >= 15 is 0 Å². The molecule has 1 aromatic carbocycles. The van der Waals surface area contributed by atoms with Crippen molar-refractivity contribution in [3.05, 3.63) is 34.9 Å². The molecular formula is C17H25N3O. The molecule has 1 fully saturated rings. The molecule has 0 radical (unpaired) electrons. The zero-order valence-corrected chi connectivity index (χ0v) is 13.3. The van der Waals surface area contributed by atoms with E-state index in [9.17, 15) is 5.11 Å². The van der Waals surface area contributed by atoms with Crippen LogP contribution in [0.3, 0.4) is 0 Å². The molecule has 0 aromatic heterocycles. The van der Waals surface area contributed by atoms with Crippen molar-refractivity contribution in [3.8, 4) is 6.07 Å². The van der Waals surface area contributed by atoms with Gasteiger partial charge in [-0.1, -0.05) is 6.07 Å². The van der Waals surface area contributed by atoms with Gasteiger partial charge < -0.3 is 5.11 Å². The van der Waals surface area contributed by atoms with Crippen molar-refractivity contribution in [3.63, 3.8) is 0 Å². The molecule has 1 heterocycles. The summed E-state index contributed by atoms with van der Waals surface area (Å²) in [4.78, 5) is 4.76. The van der Waals surface area contributed by atoms with Gasteiger partial charge in [0.05, 0.1) is 17.2 Å². The molecule has 0 aliphatic carbocycles. The lowest BCUT2D eigenvalue weighted by molar-refractivity contribution is 0.0166. The highest BCUT2D eigenvalue weighted by molar-refractivity contribution is 5.37. The predicted octanol–water partition coefficient (Wildman–Crippen LogP) is 1.76. The van der Waals surface area contributed by atoms with Gasteiger partial charge in [-0.25, -0.2) is 0 Å². The summed E-state index contributed by atoms with van der Waals surface area (Å²) >= 11 is 0. The minimum absolute atomic E-state index is 0.619. The van der Waals surface area contributed by atoms with Gasteiger partial charge in [0, 0.05) is 39.3 Å². The van der Waals surface area contributed by atoms with Crippen molar-refractivity contribution in [1.82, 2.24) is 9.80 Å². The van der Waals surface area contributed by atoms with Gasteiger partial charge in [-0.3, -0.25) is 9.80 Å². The summed E-state index contributed by atoms with van der Waals surface area (Å²) < 4.78 is 0. The van der Waals surface area contributed by atoms with Crippen molar-refractivity contribution in [2.45, 2.75) is 32.9 Å². The number of rotatable bonds is 4. The summed E-state index contributed by atoms with van der Waals surface area (Å²) in [5, 5.41) is 18.8. The minimum atomic E-state index is -0.619. The van der Waals surface area contributed by atoms with Crippen LogP contribution in [-0.4, -0.2) is 53.2 Å². The average molecular weight is 287 g/mol. The lowest BCUT2D eigenvalue weighted by Gasteiger charge is -2.37. The molecule has 0 amide bonds. The first-order chi connectivity index (χ1) is 9.87. The van der Waals surface area contributed by atoms with Gasteiger partial charge in [0.25, 0.3) is 0 Å². The fourth-order valence-electron chi connectivity index (χ4n) is 2.84. The maximum Gasteiger partial charge on any atom is 0.0991 e. The van der Waals surface area contributed by atoms with Crippen molar-refractivity contribution in [2.75, 3.05) is 32.7 Å². The van der Waals surface area contributed by atoms with Crippen molar-refractivity contribution in [1.29, 1.82) is 5.26 Å². The molecule has 0 spiro atoms. The molecular weight excluding hydrogens is 262 g/mol. The van der Waals surface area contributed by atoms with E-state index in [-0.39, 0.29) is 0 Å². The largest absolute Gasteiger partial charge is 0.389 e.